The van der Waals surface area contributed by atoms with E-state index in [9.17, 15) is 8.78 Å². The van der Waals surface area contributed by atoms with Crippen molar-refractivity contribution in [2.45, 2.75) is 12.8 Å². The summed E-state index contributed by atoms with van der Waals surface area (Å²) < 4.78 is 32.7. The Labute approximate surface area is 119 Å². The van der Waals surface area contributed by atoms with Gasteiger partial charge in [0, 0.05) is 10.9 Å². The van der Waals surface area contributed by atoms with Gasteiger partial charge in [-0.05, 0) is 48.4 Å². The van der Waals surface area contributed by atoms with E-state index in [0.29, 0.717) is 16.3 Å². The predicted octanol–water partition coefficient (Wildman–Crippen LogP) is 5.46. The second-order valence-corrected chi connectivity index (χ2v) is 4.71. The lowest BCUT2D eigenvalue weighted by atomic mass is 10.2. The Kier molecular flexibility index (Phi) is 4.27. The lowest BCUT2D eigenvalue weighted by molar-refractivity contribution is 0.406. The van der Waals surface area contributed by atoms with E-state index >= 15 is 0 Å². The van der Waals surface area contributed by atoms with Gasteiger partial charge in [-0.15, -0.1) is 11.6 Å². The molecule has 0 bridgehead atoms. The molecule has 0 atom stereocenters. The van der Waals surface area contributed by atoms with Gasteiger partial charge in [0.15, 0.2) is 17.4 Å². The first kappa shape index (κ1) is 14.1. The van der Waals surface area contributed by atoms with E-state index in [1.54, 1.807) is 25.1 Å². The van der Waals surface area contributed by atoms with Gasteiger partial charge < -0.3 is 4.74 Å². The number of hydrogen-bond donors (Lipinski definition) is 0. The number of benzene rings is 2. The summed E-state index contributed by atoms with van der Waals surface area (Å²) in [5, 5.41) is 0.561. The Hall–Kier alpha value is -1.32. The second kappa shape index (κ2) is 5.76. The van der Waals surface area contributed by atoms with Crippen LogP contribution in [0, 0.1) is 18.6 Å². The van der Waals surface area contributed by atoms with Crippen molar-refractivity contribution in [2.75, 3.05) is 0 Å². The van der Waals surface area contributed by atoms with Gasteiger partial charge in [-0.1, -0.05) is 11.6 Å². The zero-order valence-corrected chi connectivity index (χ0v) is 11.5. The van der Waals surface area contributed by atoms with Gasteiger partial charge in [0.05, 0.1) is 0 Å². The van der Waals surface area contributed by atoms with Crippen molar-refractivity contribution in [3.63, 3.8) is 0 Å². The highest BCUT2D eigenvalue weighted by Gasteiger charge is 2.13. The fourth-order valence-corrected chi connectivity index (χ4v) is 1.86. The molecule has 2 rings (SSSR count). The summed E-state index contributed by atoms with van der Waals surface area (Å²) in [5.74, 6) is -1.67. The van der Waals surface area contributed by atoms with Crippen molar-refractivity contribution >= 4 is 23.2 Å². The van der Waals surface area contributed by atoms with Crippen molar-refractivity contribution in [2.24, 2.45) is 0 Å². The SMILES string of the molecule is Cc1cc(Oc2c(F)cc(CCl)cc2F)ccc1Cl. The molecule has 0 spiro atoms. The van der Waals surface area contributed by atoms with E-state index < -0.39 is 17.4 Å². The molecule has 0 radical (unpaired) electrons. The quantitative estimate of drug-likeness (QED) is 0.684. The van der Waals surface area contributed by atoms with Gasteiger partial charge in [-0.3, -0.25) is 0 Å². The monoisotopic (exact) mass is 302 g/mol. The molecule has 2 aromatic rings. The smallest absolute Gasteiger partial charge is 0.198 e. The molecule has 0 aliphatic heterocycles. The molecule has 0 saturated carbocycles. The van der Waals surface area contributed by atoms with Crippen molar-refractivity contribution in [3.05, 3.63) is 58.1 Å². The van der Waals surface area contributed by atoms with Crippen molar-refractivity contribution in [3.8, 4) is 11.5 Å². The van der Waals surface area contributed by atoms with Crippen LogP contribution in [0.4, 0.5) is 8.78 Å². The maximum absolute atomic E-state index is 13.7. The van der Waals surface area contributed by atoms with Gasteiger partial charge in [0.2, 0.25) is 0 Å². The van der Waals surface area contributed by atoms with Crippen molar-refractivity contribution < 1.29 is 13.5 Å². The van der Waals surface area contributed by atoms with Crippen LogP contribution in [0.1, 0.15) is 11.1 Å². The number of alkyl halides is 1. The van der Waals surface area contributed by atoms with Crippen LogP contribution < -0.4 is 4.74 Å². The van der Waals surface area contributed by atoms with Gasteiger partial charge in [0.1, 0.15) is 5.75 Å². The zero-order valence-electron chi connectivity index (χ0n) is 10.0. The van der Waals surface area contributed by atoms with E-state index in [4.69, 9.17) is 27.9 Å². The molecule has 0 aliphatic carbocycles. The number of aryl methyl sites for hydroxylation is 1. The highest BCUT2D eigenvalue weighted by atomic mass is 35.5. The third-order valence-corrected chi connectivity index (χ3v) is 3.29. The fraction of sp³-hybridized carbons (Fsp3) is 0.143. The predicted molar refractivity (Wildman–Crippen MR) is 72.2 cm³/mol. The summed E-state index contributed by atoms with van der Waals surface area (Å²) in [6, 6.07) is 7.05. The minimum absolute atomic E-state index is 0.0359. The Balaban J connectivity index is 2.35. The van der Waals surface area contributed by atoms with Gasteiger partial charge in [0.25, 0.3) is 0 Å². The number of hydrogen-bond acceptors (Lipinski definition) is 1. The average Bonchev–Trinajstić information content (AvgIpc) is 2.37. The first-order chi connectivity index (χ1) is 9.01. The molecule has 0 aromatic heterocycles. The average molecular weight is 303 g/mol. The third-order valence-electron chi connectivity index (χ3n) is 2.56. The molecule has 0 amide bonds. The van der Waals surface area contributed by atoms with Crippen LogP contribution in [0.2, 0.25) is 5.02 Å². The van der Waals surface area contributed by atoms with Crippen LogP contribution in [-0.4, -0.2) is 0 Å². The molecule has 100 valence electrons. The number of halogens is 4. The maximum atomic E-state index is 13.7. The Morgan fingerprint density at radius 1 is 1.11 bits per heavy atom. The van der Waals surface area contributed by atoms with Crippen LogP contribution in [0.3, 0.4) is 0 Å². The van der Waals surface area contributed by atoms with Crippen LogP contribution >= 0.6 is 23.2 Å². The van der Waals surface area contributed by atoms with Gasteiger partial charge in [-0.2, -0.15) is 0 Å². The summed E-state index contributed by atoms with van der Waals surface area (Å²) in [5.41, 5.74) is 1.12. The van der Waals surface area contributed by atoms with Crippen LogP contribution in [-0.2, 0) is 5.88 Å². The summed E-state index contributed by atoms with van der Waals surface area (Å²) in [7, 11) is 0. The van der Waals surface area contributed by atoms with Crippen LogP contribution in [0.25, 0.3) is 0 Å². The normalized spacial score (nSPS) is 10.6. The highest BCUT2D eigenvalue weighted by molar-refractivity contribution is 6.31. The Bertz CT molecular complexity index is 591. The lowest BCUT2D eigenvalue weighted by Gasteiger charge is -2.10. The first-order valence-corrected chi connectivity index (χ1v) is 6.40. The van der Waals surface area contributed by atoms with E-state index in [1.165, 1.54) is 0 Å². The maximum Gasteiger partial charge on any atom is 0.198 e. The largest absolute Gasteiger partial charge is 0.451 e. The molecule has 0 fully saturated rings. The topological polar surface area (TPSA) is 9.23 Å². The highest BCUT2D eigenvalue weighted by Crippen LogP contribution is 2.30. The fourth-order valence-electron chi connectivity index (χ4n) is 1.59. The Morgan fingerprint density at radius 2 is 1.74 bits per heavy atom. The second-order valence-electron chi connectivity index (χ2n) is 4.04. The van der Waals surface area contributed by atoms with E-state index in [1.807, 2.05) is 0 Å². The molecule has 5 heteroatoms. The molecule has 19 heavy (non-hydrogen) atoms. The molecular formula is C14H10Cl2F2O. The molecule has 0 N–H and O–H groups in total. The van der Waals surface area contributed by atoms with E-state index in [-0.39, 0.29) is 5.88 Å². The molecule has 0 unspecified atom stereocenters. The summed E-state index contributed by atoms with van der Waals surface area (Å²) >= 11 is 11.4. The number of rotatable bonds is 3. The minimum Gasteiger partial charge on any atom is -0.451 e. The summed E-state index contributed by atoms with van der Waals surface area (Å²) in [6.07, 6.45) is 0. The minimum atomic E-state index is -0.789. The van der Waals surface area contributed by atoms with Crippen molar-refractivity contribution in [1.82, 2.24) is 0 Å². The van der Waals surface area contributed by atoms with E-state index in [0.717, 1.165) is 17.7 Å². The summed E-state index contributed by atoms with van der Waals surface area (Å²) in [4.78, 5) is 0. The molecule has 2 aromatic carbocycles. The molecule has 1 nitrogen and oxygen atoms in total. The van der Waals surface area contributed by atoms with Crippen molar-refractivity contribution in [1.29, 1.82) is 0 Å². The van der Waals surface area contributed by atoms with E-state index in [2.05, 4.69) is 0 Å². The first-order valence-electron chi connectivity index (χ1n) is 5.49. The molecule has 0 aliphatic rings. The number of ether oxygens (including phenoxy) is 1. The summed E-state index contributed by atoms with van der Waals surface area (Å²) in [6.45, 7) is 1.78. The van der Waals surface area contributed by atoms with Gasteiger partial charge >= 0.3 is 0 Å². The lowest BCUT2D eigenvalue weighted by Crippen LogP contribution is -1.95. The molecular weight excluding hydrogens is 293 g/mol. The zero-order chi connectivity index (χ0) is 14.0. The van der Waals surface area contributed by atoms with Gasteiger partial charge in [-0.25, -0.2) is 8.78 Å². The molecule has 0 heterocycles. The van der Waals surface area contributed by atoms with Crippen LogP contribution in [0.5, 0.6) is 11.5 Å². The third kappa shape index (κ3) is 3.17. The Morgan fingerprint density at radius 3 is 2.26 bits per heavy atom. The standard InChI is InChI=1S/C14H10Cl2F2O/c1-8-4-10(2-3-11(8)16)19-14-12(17)5-9(7-15)6-13(14)18/h2-6H,7H2,1H3. The van der Waals surface area contributed by atoms with Crippen LogP contribution in [0.15, 0.2) is 30.3 Å². The molecule has 0 saturated heterocycles.